The van der Waals surface area contributed by atoms with Gasteiger partial charge in [0, 0.05) is 38.4 Å². The lowest BCUT2D eigenvalue weighted by atomic mass is 10.1. The molecule has 0 bridgehead atoms. The number of carbonyl (C=O) groups is 1. The molecule has 2 N–H and O–H groups in total. The third-order valence-electron chi connectivity index (χ3n) is 3.41. The Morgan fingerprint density at radius 3 is 2.70 bits per heavy atom. The van der Waals surface area contributed by atoms with Crippen LogP contribution in [0.5, 0.6) is 0 Å². The molecule has 5 heteroatoms. The summed E-state index contributed by atoms with van der Waals surface area (Å²) in [7, 11) is 0. The van der Waals surface area contributed by atoms with Gasteiger partial charge in [0.25, 0.3) is 5.91 Å². The van der Waals surface area contributed by atoms with Gasteiger partial charge in [-0.1, -0.05) is 25.5 Å². The molecule has 1 aromatic carbocycles. The Morgan fingerprint density at radius 2 is 2.00 bits per heavy atom. The summed E-state index contributed by atoms with van der Waals surface area (Å²) >= 11 is 0. The van der Waals surface area contributed by atoms with E-state index in [4.69, 9.17) is 0 Å². The van der Waals surface area contributed by atoms with Crippen LogP contribution in [0.4, 0.5) is 5.69 Å². The lowest BCUT2D eigenvalue weighted by Crippen LogP contribution is -2.46. The van der Waals surface area contributed by atoms with Crippen LogP contribution < -0.4 is 10.6 Å². The quantitative estimate of drug-likeness (QED) is 0.820. The van der Waals surface area contributed by atoms with Crippen LogP contribution in [0.15, 0.2) is 24.3 Å². The minimum absolute atomic E-state index is 0. The van der Waals surface area contributed by atoms with Gasteiger partial charge in [-0.05, 0) is 18.6 Å². The average molecular weight is 298 g/mol. The molecule has 0 aromatic heterocycles. The number of hydrogen-bond donors (Lipinski definition) is 2. The largest absolute Gasteiger partial charge is 0.384 e. The molecule has 0 unspecified atom stereocenters. The Bertz CT molecular complexity index is 419. The number of piperazine rings is 1. The number of benzene rings is 1. The summed E-state index contributed by atoms with van der Waals surface area (Å²) in [6.45, 7) is 6.44. The third-order valence-corrected chi connectivity index (χ3v) is 3.41. The van der Waals surface area contributed by atoms with Gasteiger partial charge in [0.2, 0.25) is 0 Å². The van der Waals surface area contributed by atoms with E-state index in [1.807, 2.05) is 29.2 Å². The SMILES string of the molecule is CCCCNc1ccccc1C(=O)N1CCNCC1.Cl. The van der Waals surface area contributed by atoms with Crippen molar-refractivity contribution in [3.05, 3.63) is 29.8 Å². The van der Waals surface area contributed by atoms with Crippen molar-refractivity contribution in [3.8, 4) is 0 Å². The van der Waals surface area contributed by atoms with E-state index < -0.39 is 0 Å². The van der Waals surface area contributed by atoms with Crippen LogP contribution in [0.2, 0.25) is 0 Å². The van der Waals surface area contributed by atoms with Gasteiger partial charge in [-0.15, -0.1) is 12.4 Å². The maximum atomic E-state index is 12.5. The number of nitrogens with one attached hydrogen (secondary N) is 2. The number of nitrogens with zero attached hydrogens (tertiary/aromatic N) is 1. The number of carbonyl (C=O) groups excluding carboxylic acids is 1. The smallest absolute Gasteiger partial charge is 0.256 e. The van der Waals surface area contributed by atoms with Gasteiger partial charge < -0.3 is 15.5 Å². The third kappa shape index (κ3) is 4.39. The number of para-hydroxylation sites is 1. The monoisotopic (exact) mass is 297 g/mol. The molecule has 20 heavy (non-hydrogen) atoms. The van der Waals surface area contributed by atoms with Gasteiger partial charge in [-0.2, -0.15) is 0 Å². The molecule has 1 saturated heterocycles. The Balaban J connectivity index is 0.00000200. The van der Waals surface area contributed by atoms with Crippen molar-refractivity contribution >= 4 is 24.0 Å². The maximum absolute atomic E-state index is 12.5. The Morgan fingerprint density at radius 1 is 1.30 bits per heavy atom. The summed E-state index contributed by atoms with van der Waals surface area (Å²) in [6.07, 6.45) is 2.27. The molecule has 2 rings (SSSR count). The van der Waals surface area contributed by atoms with E-state index in [9.17, 15) is 4.79 Å². The fourth-order valence-corrected chi connectivity index (χ4v) is 2.26. The van der Waals surface area contributed by atoms with Gasteiger partial charge in [0.05, 0.1) is 5.56 Å². The zero-order chi connectivity index (χ0) is 13.5. The molecular formula is C15H24ClN3O. The van der Waals surface area contributed by atoms with Crippen LogP contribution in [0, 0.1) is 0 Å². The first-order valence-electron chi connectivity index (χ1n) is 7.16. The highest BCUT2D eigenvalue weighted by atomic mass is 35.5. The highest BCUT2D eigenvalue weighted by Crippen LogP contribution is 2.17. The van der Waals surface area contributed by atoms with Gasteiger partial charge in [0.1, 0.15) is 0 Å². The Kier molecular flexibility index (Phi) is 7.41. The van der Waals surface area contributed by atoms with Crippen molar-refractivity contribution in [2.45, 2.75) is 19.8 Å². The minimum Gasteiger partial charge on any atom is -0.384 e. The van der Waals surface area contributed by atoms with Crippen molar-refractivity contribution in [2.75, 3.05) is 38.0 Å². The molecule has 0 spiro atoms. The summed E-state index contributed by atoms with van der Waals surface area (Å²) in [4.78, 5) is 14.4. The van der Waals surface area contributed by atoms with E-state index >= 15 is 0 Å². The van der Waals surface area contributed by atoms with E-state index in [0.29, 0.717) is 0 Å². The molecule has 1 aliphatic rings. The van der Waals surface area contributed by atoms with Crippen LogP contribution in [0.1, 0.15) is 30.1 Å². The molecule has 0 saturated carbocycles. The van der Waals surface area contributed by atoms with E-state index in [1.54, 1.807) is 0 Å². The fourth-order valence-electron chi connectivity index (χ4n) is 2.26. The van der Waals surface area contributed by atoms with Gasteiger partial charge in [-0.3, -0.25) is 4.79 Å². The predicted octanol–water partition coefficient (Wildman–Crippen LogP) is 2.37. The number of hydrogen-bond acceptors (Lipinski definition) is 3. The zero-order valence-electron chi connectivity index (χ0n) is 12.0. The first kappa shape index (κ1) is 16.8. The molecule has 0 atom stereocenters. The molecule has 0 radical (unpaired) electrons. The molecular weight excluding hydrogens is 274 g/mol. The highest BCUT2D eigenvalue weighted by molar-refractivity contribution is 5.99. The topological polar surface area (TPSA) is 44.4 Å². The van der Waals surface area contributed by atoms with E-state index in [0.717, 1.165) is 56.8 Å². The first-order chi connectivity index (χ1) is 9.33. The second-order valence-corrected chi connectivity index (χ2v) is 4.87. The van der Waals surface area contributed by atoms with E-state index in [-0.39, 0.29) is 18.3 Å². The number of unbranched alkanes of at least 4 members (excludes halogenated alkanes) is 1. The molecule has 1 amide bonds. The van der Waals surface area contributed by atoms with Crippen LogP contribution in [-0.2, 0) is 0 Å². The number of rotatable bonds is 5. The van der Waals surface area contributed by atoms with Gasteiger partial charge in [-0.25, -0.2) is 0 Å². The average Bonchev–Trinajstić information content (AvgIpc) is 2.48. The minimum atomic E-state index is 0. The Labute approximate surface area is 127 Å². The highest BCUT2D eigenvalue weighted by Gasteiger charge is 2.19. The lowest BCUT2D eigenvalue weighted by Gasteiger charge is -2.28. The van der Waals surface area contributed by atoms with Gasteiger partial charge >= 0.3 is 0 Å². The van der Waals surface area contributed by atoms with Crippen molar-refractivity contribution in [1.29, 1.82) is 0 Å². The molecule has 1 heterocycles. The molecule has 1 fully saturated rings. The molecule has 112 valence electrons. The Hall–Kier alpha value is -1.26. The van der Waals surface area contributed by atoms with E-state index in [1.165, 1.54) is 0 Å². The second kappa shape index (κ2) is 8.82. The van der Waals surface area contributed by atoms with Crippen LogP contribution in [0.3, 0.4) is 0 Å². The molecule has 0 aliphatic carbocycles. The van der Waals surface area contributed by atoms with Crippen molar-refractivity contribution in [2.24, 2.45) is 0 Å². The lowest BCUT2D eigenvalue weighted by molar-refractivity contribution is 0.0737. The summed E-state index contributed by atoms with van der Waals surface area (Å²) in [5.41, 5.74) is 1.75. The molecule has 1 aromatic rings. The second-order valence-electron chi connectivity index (χ2n) is 4.87. The summed E-state index contributed by atoms with van der Waals surface area (Å²) < 4.78 is 0. The number of anilines is 1. The molecule has 4 nitrogen and oxygen atoms in total. The van der Waals surface area contributed by atoms with Crippen LogP contribution in [-0.4, -0.2) is 43.5 Å². The standard InChI is InChI=1S/C15H23N3O.ClH/c1-2-3-8-17-14-7-5-4-6-13(14)15(19)18-11-9-16-10-12-18;/h4-7,16-17H,2-3,8-12H2,1H3;1H. The van der Waals surface area contributed by atoms with Gasteiger partial charge in [0.15, 0.2) is 0 Å². The normalized spacial score (nSPS) is 14.6. The van der Waals surface area contributed by atoms with Crippen LogP contribution >= 0.6 is 12.4 Å². The maximum Gasteiger partial charge on any atom is 0.256 e. The van der Waals surface area contributed by atoms with Crippen molar-refractivity contribution in [3.63, 3.8) is 0 Å². The number of amides is 1. The summed E-state index contributed by atoms with van der Waals surface area (Å²) in [6, 6.07) is 7.81. The van der Waals surface area contributed by atoms with Crippen molar-refractivity contribution in [1.82, 2.24) is 10.2 Å². The number of halogens is 1. The fraction of sp³-hybridized carbons (Fsp3) is 0.533. The predicted molar refractivity (Wildman–Crippen MR) is 85.9 cm³/mol. The van der Waals surface area contributed by atoms with Crippen LogP contribution in [0.25, 0.3) is 0 Å². The van der Waals surface area contributed by atoms with Crippen molar-refractivity contribution < 1.29 is 4.79 Å². The molecule has 1 aliphatic heterocycles. The summed E-state index contributed by atoms with van der Waals surface area (Å²) in [5, 5.41) is 6.64. The first-order valence-corrected chi connectivity index (χ1v) is 7.16. The van der Waals surface area contributed by atoms with E-state index in [2.05, 4.69) is 17.6 Å². The zero-order valence-corrected chi connectivity index (χ0v) is 12.8. The summed E-state index contributed by atoms with van der Waals surface area (Å²) in [5.74, 6) is 0.140.